The van der Waals surface area contributed by atoms with Gasteiger partial charge in [0.15, 0.2) is 0 Å². The minimum Gasteiger partial charge on any atom is -0.409 e. The number of ether oxygens (including phenoxy) is 1. The lowest BCUT2D eigenvalue weighted by molar-refractivity contribution is 0.152. The third-order valence-corrected chi connectivity index (χ3v) is 2.92. The van der Waals surface area contributed by atoms with E-state index in [-0.39, 0.29) is 5.92 Å². The molecular weight excluding hydrogens is 194 g/mol. The summed E-state index contributed by atoms with van der Waals surface area (Å²) in [7, 11) is 1.74. The molecule has 1 rings (SSSR count). The van der Waals surface area contributed by atoms with E-state index < -0.39 is 0 Å². The van der Waals surface area contributed by atoms with Gasteiger partial charge in [-0.1, -0.05) is 12.1 Å². The zero-order valence-corrected chi connectivity index (χ0v) is 9.52. The molecule has 0 aromatic rings. The first-order valence-electron chi connectivity index (χ1n) is 5.36. The Hall–Kier alpha value is -0.810. The van der Waals surface area contributed by atoms with Crippen molar-refractivity contribution in [2.45, 2.75) is 13.3 Å². The molecule has 3 N–H and O–H groups in total. The number of methoxy groups -OCH3 is 1. The zero-order chi connectivity index (χ0) is 11.3. The van der Waals surface area contributed by atoms with Crippen LogP contribution in [0.25, 0.3) is 0 Å². The fraction of sp³-hybridized carbons (Fsp3) is 0.900. The second-order valence-electron chi connectivity index (χ2n) is 4.30. The third-order valence-electron chi connectivity index (χ3n) is 2.92. The van der Waals surface area contributed by atoms with Crippen molar-refractivity contribution in [3.63, 3.8) is 0 Å². The average Bonchev–Trinajstić information content (AvgIpc) is 2.65. The highest BCUT2D eigenvalue weighted by Crippen LogP contribution is 2.17. The van der Waals surface area contributed by atoms with E-state index >= 15 is 0 Å². The van der Waals surface area contributed by atoms with Gasteiger partial charge >= 0.3 is 0 Å². The fourth-order valence-electron chi connectivity index (χ4n) is 2.03. The number of rotatable bonds is 5. The largest absolute Gasteiger partial charge is 0.409 e. The number of likely N-dealkylation sites (tertiary alicyclic amines) is 1. The van der Waals surface area contributed by atoms with E-state index in [1.54, 1.807) is 7.11 Å². The van der Waals surface area contributed by atoms with Crippen LogP contribution in [0.3, 0.4) is 0 Å². The summed E-state index contributed by atoms with van der Waals surface area (Å²) in [5, 5.41) is 11.6. The highest BCUT2D eigenvalue weighted by atomic mass is 16.5. The van der Waals surface area contributed by atoms with Crippen molar-refractivity contribution in [1.82, 2.24) is 4.90 Å². The van der Waals surface area contributed by atoms with Gasteiger partial charge in [-0.25, -0.2) is 0 Å². The van der Waals surface area contributed by atoms with Gasteiger partial charge in [0, 0.05) is 26.1 Å². The van der Waals surface area contributed by atoms with Gasteiger partial charge < -0.3 is 20.6 Å². The van der Waals surface area contributed by atoms with Crippen LogP contribution in [0.1, 0.15) is 13.3 Å². The monoisotopic (exact) mass is 215 g/mol. The Morgan fingerprint density at radius 2 is 2.47 bits per heavy atom. The molecule has 0 saturated carbocycles. The molecule has 5 heteroatoms. The summed E-state index contributed by atoms with van der Waals surface area (Å²) in [6, 6.07) is 0. The van der Waals surface area contributed by atoms with Crippen molar-refractivity contribution >= 4 is 5.84 Å². The Labute approximate surface area is 90.9 Å². The van der Waals surface area contributed by atoms with Crippen LogP contribution in [0.2, 0.25) is 0 Å². The van der Waals surface area contributed by atoms with Crippen molar-refractivity contribution in [3.05, 3.63) is 0 Å². The van der Waals surface area contributed by atoms with Crippen LogP contribution in [0.5, 0.6) is 0 Å². The van der Waals surface area contributed by atoms with E-state index in [1.165, 1.54) is 6.42 Å². The highest BCUT2D eigenvalue weighted by Gasteiger charge is 2.24. The minimum atomic E-state index is 0.108. The first-order valence-corrected chi connectivity index (χ1v) is 5.36. The average molecular weight is 215 g/mol. The van der Waals surface area contributed by atoms with Crippen molar-refractivity contribution in [1.29, 1.82) is 0 Å². The molecule has 0 amide bonds. The van der Waals surface area contributed by atoms with Crippen LogP contribution in [0.4, 0.5) is 0 Å². The SMILES string of the molecule is COCC1CCN(CC(C)C(N)=NO)C1. The lowest BCUT2D eigenvalue weighted by Crippen LogP contribution is -2.34. The first-order chi connectivity index (χ1) is 7.17. The maximum atomic E-state index is 8.54. The van der Waals surface area contributed by atoms with Crippen molar-refractivity contribution < 1.29 is 9.94 Å². The van der Waals surface area contributed by atoms with Gasteiger partial charge in [0.25, 0.3) is 0 Å². The van der Waals surface area contributed by atoms with Crippen molar-refractivity contribution in [2.75, 3.05) is 33.4 Å². The van der Waals surface area contributed by atoms with Gasteiger partial charge in [0.2, 0.25) is 0 Å². The van der Waals surface area contributed by atoms with E-state index in [9.17, 15) is 0 Å². The summed E-state index contributed by atoms with van der Waals surface area (Å²) in [4.78, 5) is 2.34. The third kappa shape index (κ3) is 3.68. The van der Waals surface area contributed by atoms with E-state index in [2.05, 4.69) is 10.1 Å². The van der Waals surface area contributed by atoms with Gasteiger partial charge in [-0.05, 0) is 18.9 Å². The number of hydrogen-bond acceptors (Lipinski definition) is 4. The van der Waals surface area contributed by atoms with Crippen LogP contribution in [0.15, 0.2) is 5.16 Å². The first kappa shape index (κ1) is 12.3. The van der Waals surface area contributed by atoms with Crippen LogP contribution in [-0.2, 0) is 4.74 Å². The van der Waals surface area contributed by atoms with Gasteiger partial charge in [-0.15, -0.1) is 0 Å². The van der Waals surface area contributed by atoms with Crippen molar-refractivity contribution in [2.24, 2.45) is 22.7 Å². The summed E-state index contributed by atoms with van der Waals surface area (Å²) in [6.07, 6.45) is 1.18. The fourth-order valence-corrected chi connectivity index (χ4v) is 2.03. The molecular formula is C10H21N3O2. The molecule has 1 aliphatic rings. The van der Waals surface area contributed by atoms with Gasteiger partial charge in [-0.3, -0.25) is 0 Å². The quantitative estimate of drug-likeness (QED) is 0.300. The maximum Gasteiger partial charge on any atom is 0.143 e. The van der Waals surface area contributed by atoms with E-state index in [0.717, 1.165) is 26.2 Å². The minimum absolute atomic E-state index is 0.108. The van der Waals surface area contributed by atoms with Gasteiger partial charge in [0.1, 0.15) is 5.84 Å². The number of amidine groups is 1. The summed E-state index contributed by atoms with van der Waals surface area (Å²) in [5.41, 5.74) is 5.54. The Kier molecular flexibility index (Phi) is 4.84. The normalized spacial score (nSPS) is 25.7. The molecule has 1 saturated heterocycles. The molecule has 0 aromatic carbocycles. The zero-order valence-electron chi connectivity index (χ0n) is 9.52. The summed E-state index contributed by atoms with van der Waals surface area (Å²) >= 11 is 0. The molecule has 5 nitrogen and oxygen atoms in total. The topological polar surface area (TPSA) is 71.1 Å². The molecule has 0 spiro atoms. The Bertz CT molecular complexity index is 221. The number of hydrogen-bond donors (Lipinski definition) is 2. The summed E-state index contributed by atoms with van der Waals surface area (Å²) in [6.45, 7) is 5.79. The van der Waals surface area contributed by atoms with Crippen molar-refractivity contribution in [3.8, 4) is 0 Å². The lowest BCUT2D eigenvalue weighted by Gasteiger charge is -2.19. The van der Waals surface area contributed by atoms with E-state index in [1.807, 2.05) is 6.92 Å². The Morgan fingerprint density at radius 1 is 1.73 bits per heavy atom. The molecule has 2 atom stereocenters. The molecule has 0 aliphatic carbocycles. The van der Waals surface area contributed by atoms with Crippen LogP contribution < -0.4 is 5.73 Å². The molecule has 15 heavy (non-hydrogen) atoms. The maximum absolute atomic E-state index is 8.54. The van der Waals surface area contributed by atoms with Gasteiger partial charge in [-0.2, -0.15) is 0 Å². The molecule has 1 heterocycles. The van der Waals surface area contributed by atoms with E-state index in [0.29, 0.717) is 11.8 Å². The molecule has 0 aromatic heterocycles. The summed E-state index contributed by atoms with van der Waals surface area (Å²) in [5.74, 6) is 1.05. The van der Waals surface area contributed by atoms with Crippen LogP contribution in [-0.4, -0.2) is 49.3 Å². The molecule has 2 unspecified atom stereocenters. The second kappa shape index (κ2) is 5.92. The molecule has 1 aliphatic heterocycles. The Balaban J connectivity index is 2.29. The number of oxime groups is 1. The predicted octanol–water partition coefficient (Wildman–Crippen LogP) is 0.337. The number of nitrogens with two attached hydrogens (primary N) is 1. The second-order valence-corrected chi connectivity index (χ2v) is 4.30. The van der Waals surface area contributed by atoms with Gasteiger partial charge in [0.05, 0.1) is 6.61 Å². The predicted molar refractivity (Wildman–Crippen MR) is 59.0 cm³/mol. The van der Waals surface area contributed by atoms with Crippen LogP contribution in [0, 0.1) is 11.8 Å². The molecule has 0 radical (unpaired) electrons. The molecule has 88 valence electrons. The highest BCUT2D eigenvalue weighted by molar-refractivity contribution is 5.82. The van der Waals surface area contributed by atoms with E-state index in [4.69, 9.17) is 15.7 Å². The lowest BCUT2D eigenvalue weighted by atomic mass is 10.1. The smallest absolute Gasteiger partial charge is 0.143 e. The Morgan fingerprint density at radius 3 is 3.07 bits per heavy atom. The van der Waals surface area contributed by atoms with Crippen LogP contribution >= 0.6 is 0 Å². The number of nitrogens with zero attached hydrogens (tertiary/aromatic N) is 2. The molecule has 0 bridgehead atoms. The standard InChI is InChI=1S/C10H21N3O2/c1-8(10(11)12-14)5-13-4-3-9(6-13)7-15-2/h8-9,14H,3-7H2,1-2H3,(H2,11,12). The summed E-state index contributed by atoms with van der Waals surface area (Å²) < 4.78 is 5.13. The molecule has 1 fully saturated rings.